The lowest BCUT2D eigenvalue weighted by atomic mass is 10.0. The number of anilines is 1. The maximum absolute atomic E-state index is 12.7. The SMILES string of the molecule is [C-]#[N+]c1ccc(N2C(=O)N(CCCCO)C(C)(C)C2=O)cc1C. The van der Waals surface area contributed by atoms with Crippen LogP contribution in [0.25, 0.3) is 4.85 Å². The fraction of sp³-hybridized carbons (Fsp3) is 0.471. The monoisotopic (exact) mass is 315 g/mol. The van der Waals surface area contributed by atoms with Crippen molar-refractivity contribution in [1.29, 1.82) is 0 Å². The molecular formula is C17H21N3O3. The van der Waals surface area contributed by atoms with Crippen LogP contribution in [0.1, 0.15) is 32.3 Å². The van der Waals surface area contributed by atoms with Gasteiger partial charge >= 0.3 is 6.03 Å². The quantitative estimate of drug-likeness (QED) is 0.516. The molecule has 1 aliphatic heterocycles. The second-order valence-electron chi connectivity index (χ2n) is 6.15. The van der Waals surface area contributed by atoms with Gasteiger partial charge in [0.05, 0.1) is 12.3 Å². The minimum atomic E-state index is -0.918. The highest BCUT2D eigenvalue weighted by molar-refractivity contribution is 6.23. The van der Waals surface area contributed by atoms with Gasteiger partial charge in [-0.25, -0.2) is 14.5 Å². The standard InChI is InChI=1S/C17H21N3O3/c1-12-11-13(7-8-14(12)18-4)20-15(22)17(2,3)19(16(20)23)9-5-6-10-21/h7-8,11,21H,5-6,9-10H2,1-3H3. The Hall–Kier alpha value is -2.39. The molecule has 0 aromatic heterocycles. The van der Waals surface area contributed by atoms with E-state index in [9.17, 15) is 9.59 Å². The van der Waals surface area contributed by atoms with E-state index in [2.05, 4.69) is 4.85 Å². The molecule has 1 aromatic rings. The molecule has 1 saturated heterocycles. The Labute approximate surface area is 136 Å². The van der Waals surface area contributed by atoms with Crippen LogP contribution in [0.15, 0.2) is 18.2 Å². The summed E-state index contributed by atoms with van der Waals surface area (Å²) < 4.78 is 0. The lowest BCUT2D eigenvalue weighted by molar-refractivity contribution is -0.123. The van der Waals surface area contributed by atoms with E-state index in [1.165, 1.54) is 4.90 Å². The second-order valence-corrected chi connectivity index (χ2v) is 6.15. The van der Waals surface area contributed by atoms with Crippen LogP contribution >= 0.6 is 0 Å². The van der Waals surface area contributed by atoms with Crippen LogP contribution in [0.3, 0.4) is 0 Å². The molecular weight excluding hydrogens is 294 g/mol. The number of hydrogen-bond acceptors (Lipinski definition) is 3. The van der Waals surface area contributed by atoms with E-state index in [-0.39, 0.29) is 18.5 Å². The van der Waals surface area contributed by atoms with Crippen molar-refractivity contribution in [3.8, 4) is 0 Å². The lowest BCUT2D eigenvalue weighted by Gasteiger charge is -2.27. The number of urea groups is 1. The van der Waals surface area contributed by atoms with Gasteiger partial charge < -0.3 is 10.0 Å². The summed E-state index contributed by atoms with van der Waals surface area (Å²) in [6.45, 7) is 12.8. The molecule has 1 N–H and O–H groups in total. The topological polar surface area (TPSA) is 65.2 Å². The zero-order valence-corrected chi connectivity index (χ0v) is 13.7. The first-order valence-corrected chi connectivity index (χ1v) is 7.59. The molecule has 6 nitrogen and oxygen atoms in total. The molecule has 1 aromatic carbocycles. The number of aliphatic hydroxyl groups excluding tert-OH is 1. The van der Waals surface area contributed by atoms with Crippen LogP contribution < -0.4 is 4.90 Å². The molecule has 2 rings (SSSR count). The van der Waals surface area contributed by atoms with Gasteiger partial charge in [0.25, 0.3) is 5.91 Å². The summed E-state index contributed by atoms with van der Waals surface area (Å²) in [5.74, 6) is -0.276. The van der Waals surface area contributed by atoms with Gasteiger partial charge in [0.2, 0.25) is 0 Å². The van der Waals surface area contributed by atoms with Crippen LogP contribution in [0.2, 0.25) is 0 Å². The minimum absolute atomic E-state index is 0.0669. The van der Waals surface area contributed by atoms with Crippen LogP contribution in [-0.2, 0) is 4.79 Å². The number of nitrogens with zero attached hydrogens (tertiary/aromatic N) is 3. The van der Waals surface area contributed by atoms with E-state index < -0.39 is 5.54 Å². The van der Waals surface area contributed by atoms with E-state index in [1.807, 2.05) is 0 Å². The zero-order chi connectivity index (χ0) is 17.2. The Morgan fingerprint density at radius 2 is 1.96 bits per heavy atom. The normalized spacial score (nSPS) is 16.8. The van der Waals surface area contributed by atoms with Crippen molar-refractivity contribution in [1.82, 2.24) is 4.90 Å². The fourth-order valence-corrected chi connectivity index (χ4v) is 2.72. The van der Waals surface area contributed by atoms with E-state index in [0.717, 1.165) is 5.56 Å². The van der Waals surface area contributed by atoms with Gasteiger partial charge in [-0.3, -0.25) is 4.79 Å². The van der Waals surface area contributed by atoms with Gasteiger partial charge in [0.1, 0.15) is 5.54 Å². The molecule has 0 radical (unpaired) electrons. The zero-order valence-electron chi connectivity index (χ0n) is 13.7. The largest absolute Gasteiger partial charge is 0.396 e. The Bertz CT molecular complexity index is 676. The van der Waals surface area contributed by atoms with Crippen molar-refractivity contribution in [3.63, 3.8) is 0 Å². The summed E-state index contributed by atoms with van der Waals surface area (Å²) in [4.78, 5) is 31.5. The average molecular weight is 315 g/mol. The van der Waals surface area contributed by atoms with E-state index >= 15 is 0 Å². The van der Waals surface area contributed by atoms with Gasteiger partial charge in [-0.05, 0) is 51.3 Å². The smallest absolute Gasteiger partial charge is 0.332 e. The summed E-state index contributed by atoms with van der Waals surface area (Å²) >= 11 is 0. The van der Waals surface area contributed by atoms with E-state index in [4.69, 9.17) is 11.7 Å². The number of carbonyl (C=O) groups excluding carboxylic acids is 2. The maximum Gasteiger partial charge on any atom is 0.332 e. The molecule has 1 aliphatic rings. The third-order valence-corrected chi connectivity index (χ3v) is 4.17. The molecule has 1 heterocycles. The van der Waals surface area contributed by atoms with Crippen molar-refractivity contribution in [2.24, 2.45) is 0 Å². The van der Waals surface area contributed by atoms with E-state index in [1.54, 1.807) is 43.9 Å². The summed E-state index contributed by atoms with van der Waals surface area (Å²) in [6, 6.07) is 4.59. The second kappa shape index (κ2) is 6.39. The number of aliphatic hydroxyl groups is 1. The number of benzene rings is 1. The lowest BCUT2D eigenvalue weighted by Crippen LogP contribution is -2.44. The van der Waals surface area contributed by atoms with Crippen molar-refractivity contribution >= 4 is 23.3 Å². The molecule has 0 aliphatic carbocycles. The van der Waals surface area contributed by atoms with Crippen molar-refractivity contribution < 1.29 is 14.7 Å². The van der Waals surface area contributed by atoms with Gasteiger partial charge in [-0.2, -0.15) is 0 Å². The summed E-state index contributed by atoms with van der Waals surface area (Å²) in [7, 11) is 0. The number of hydrogen-bond donors (Lipinski definition) is 1. The van der Waals surface area contributed by atoms with Crippen molar-refractivity contribution in [2.45, 2.75) is 39.2 Å². The third-order valence-electron chi connectivity index (χ3n) is 4.17. The molecule has 0 spiro atoms. The molecule has 1 fully saturated rings. The fourth-order valence-electron chi connectivity index (χ4n) is 2.72. The Morgan fingerprint density at radius 1 is 1.26 bits per heavy atom. The minimum Gasteiger partial charge on any atom is -0.396 e. The maximum atomic E-state index is 12.7. The molecule has 6 heteroatoms. The number of amides is 3. The number of unbranched alkanes of at least 4 members (excludes halogenated alkanes) is 1. The Balaban J connectivity index is 2.33. The Kier molecular flexibility index (Phi) is 4.71. The van der Waals surface area contributed by atoms with Crippen molar-refractivity contribution in [2.75, 3.05) is 18.1 Å². The predicted molar refractivity (Wildman–Crippen MR) is 87.4 cm³/mol. The van der Waals surface area contributed by atoms with Gasteiger partial charge in [-0.1, -0.05) is 6.07 Å². The summed E-state index contributed by atoms with van der Waals surface area (Å²) in [5.41, 5.74) is 0.808. The van der Waals surface area contributed by atoms with Gasteiger partial charge in [0.15, 0.2) is 5.69 Å². The molecule has 0 atom stereocenters. The summed E-state index contributed by atoms with van der Waals surface area (Å²) in [5, 5.41) is 8.89. The average Bonchev–Trinajstić information content (AvgIpc) is 2.67. The van der Waals surface area contributed by atoms with E-state index in [0.29, 0.717) is 30.8 Å². The molecule has 0 unspecified atom stereocenters. The number of imide groups is 1. The summed E-state index contributed by atoms with van der Waals surface area (Å²) in [6.07, 6.45) is 1.23. The van der Waals surface area contributed by atoms with Crippen LogP contribution in [0, 0.1) is 13.5 Å². The molecule has 122 valence electrons. The van der Waals surface area contributed by atoms with Gasteiger partial charge in [0, 0.05) is 13.2 Å². The number of carbonyl (C=O) groups is 2. The Morgan fingerprint density at radius 3 is 2.52 bits per heavy atom. The molecule has 0 saturated carbocycles. The molecule has 23 heavy (non-hydrogen) atoms. The number of aryl methyl sites for hydroxylation is 1. The van der Waals surface area contributed by atoms with Crippen LogP contribution in [-0.4, -0.2) is 40.6 Å². The van der Waals surface area contributed by atoms with Crippen LogP contribution in [0.5, 0.6) is 0 Å². The first kappa shape index (κ1) is 17.0. The third kappa shape index (κ3) is 2.92. The van der Waals surface area contributed by atoms with Crippen molar-refractivity contribution in [3.05, 3.63) is 35.2 Å². The molecule has 0 bridgehead atoms. The first-order valence-electron chi connectivity index (χ1n) is 7.59. The highest BCUT2D eigenvalue weighted by Crippen LogP contribution is 2.34. The van der Waals surface area contributed by atoms with Crippen LogP contribution in [0.4, 0.5) is 16.2 Å². The highest BCUT2D eigenvalue weighted by atomic mass is 16.3. The molecule has 3 amide bonds. The predicted octanol–water partition coefficient (Wildman–Crippen LogP) is 2.87. The van der Waals surface area contributed by atoms with Gasteiger partial charge in [-0.15, -0.1) is 0 Å². The number of rotatable bonds is 5. The highest BCUT2D eigenvalue weighted by Gasteiger charge is 2.51. The first-order chi connectivity index (χ1) is 10.8.